The lowest BCUT2D eigenvalue weighted by atomic mass is 10.1. The van der Waals surface area contributed by atoms with Gasteiger partial charge in [-0.3, -0.25) is 4.90 Å². The Bertz CT molecular complexity index is 894. The molecule has 166 valence electrons. The molecule has 0 saturated carbocycles. The second-order valence-corrected chi connectivity index (χ2v) is 9.06. The van der Waals surface area contributed by atoms with E-state index >= 15 is 0 Å². The SMILES string of the molecule is CC(C)(C)OC(=O)N1CCCN(Cc2ccc([C@H]3COc4cccnc4O3)cc2)CC1. The van der Waals surface area contributed by atoms with Gasteiger partial charge in [0, 0.05) is 38.9 Å². The van der Waals surface area contributed by atoms with Crippen molar-refractivity contribution in [3.63, 3.8) is 0 Å². The zero-order chi connectivity index (χ0) is 21.8. The number of hydrogen-bond donors (Lipinski definition) is 0. The number of aromatic nitrogens is 1. The molecular formula is C24H31N3O4. The van der Waals surface area contributed by atoms with Gasteiger partial charge in [-0.15, -0.1) is 0 Å². The summed E-state index contributed by atoms with van der Waals surface area (Å²) in [6.45, 7) is 10.3. The first-order chi connectivity index (χ1) is 14.9. The van der Waals surface area contributed by atoms with Crippen LogP contribution in [0, 0.1) is 0 Å². The van der Waals surface area contributed by atoms with E-state index in [-0.39, 0.29) is 12.2 Å². The van der Waals surface area contributed by atoms with Crippen molar-refractivity contribution < 1.29 is 19.0 Å². The van der Waals surface area contributed by atoms with Crippen LogP contribution < -0.4 is 9.47 Å². The van der Waals surface area contributed by atoms with E-state index in [0.29, 0.717) is 24.8 Å². The van der Waals surface area contributed by atoms with Gasteiger partial charge in [-0.05, 0) is 50.5 Å². The molecule has 0 bridgehead atoms. The van der Waals surface area contributed by atoms with Crippen molar-refractivity contribution >= 4 is 6.09 Å². The minimum Gasteiger partial charge on any atom is -0.484 e. The monoisotopic (exact) mass is 425 g/mol. The van der Waals surface area contributed by atoms with Gasteiger partial charge in [0.15, 0.2) is 11.9 Å². The highest BCUT2D eigenvalue weighted by molar-refractivity contribution is 5.68. The third-order valence-electron chi connectivity index (χ3n) is 5.38. The van der Waals surface area contributed by atoms with E-state index < -0.39 is 5.60 Å². The summed E-state index contributed by atoms with van der Waals surface area (Å²) in [4.78, 5) is 20.8. The Labute approximate surface area is 183 Å². The molecule has 1 saturated heterocycles. The molecule has 0 aliphatic carbocycles. The molecule has 1 atom stereocenters. The van der Waals surface area contributed by atoms with E-state index in [1.165, 1.54) is 5.56 Å². The van der Waals surface area contributed by atoms with E-state index in [4.69, 9.17) is 14.2 Å². The van der Waals surface area contributed by atoms with Gasteiger partial charge in [0.1, 0.15) is 12.2 Å². The molecule has 0 radical (unpaired) electrons. The Kier molecular flexibility index (Phi) is 6.32. The number of carbonyl (C=O) groups excluding carboxylic acids is 1. The number of fused-ring (bicyclic) bond motifs is 1. The second kappa shape index (κ2) is 9.14. The average Bonchev–Trinajstić information content (AvgIpc) is 2.98. The van der Waals surface area contributed by atoms with Crippen LogP contribution in [0.25, 0.3) is 0 Å². The van der Waals surface area contributed by atoms with E-state index in [9.17, 15) is 4.79 Å². The van der Waals surface area contributed by atoms with Crippen LogP contribution >= 0.6 is 0 Å². The standard InChI is InChI=1S/C24H31N3O4/c1-24(2,3)31-23(28)27-13-5-12-26(14-15-27)16-18-7-9-19(10-8-18)21-17-29-20-6-4-11-25-22(20)30-21/h4,6-11,21H,5,12-17H2,1-3H3/t21-/m1/s1. The Balaban J connectivity index is 1.31. The molecule has 2 aliphatic rings. The van der Waals surface area contributed by atoms with Gasteiger partial charge in [0.05, 0.1) is 0 Å². The third kappa shape index (κ3) is 5.67. The molecule has 31 heavy (non-hydrogen) atoms. The van der Waals surface area contributed by atoms with E-state index in [2.05, 4.69) is 34.1 Å². The first-order valence-corrected chi connectivity index (χ1v) is 10.9. The van der Waals surface area contributed by atoms with Gasteiger partial charge < -0.3 is 19.1 Å². The van der Waals surface area contributed by atoms with Crippen molar-refractivity contribution in [2.45, 2.75) is 45.4 Å². The smallest absolute Gasteiger partial charge is 0.410 e. The number of carbonyl (C=O) groups is 1. The minimum atomic E-state index is -0.462. The topological polar surface area (TPSA) is 64.1 Å². The summed E-state index contributed by atoms with van der Waals surface area (Å²) in [6.07, 6.45) is 2.27. The van der Waals surface area contributed by atoms with Crippen molar-refractivity contribution in [1.82, 2.24) is 14.8 Å². The molecule has 0 unspecified atom stereocenters. The first-order valence-electron chi connectivity index (χ1n) is 10.9. The van der Waals surface area contributed by atoms with Crippen LogP contribution in [-0.4, -0.2) is 59.3 Å². The molecule has 7 nitrogen and oxygen atoms in total. The summed E-state index contributed by atoms with van der Waals surface area (Å²) in [6, 6.07) is 12.2. The van der Waals surface area contributed by atoms with Gasteiger partial charge in [0.25, 0.3) is 5.88 Å². The number of benzene rings is 1. The molecule has 2 aliphatic heterocycles. The molecule has 0 N–H and O–H groups in total. The predicted octanol–water partition coefficient (Wildman–Crippen LogP) is 4.04. The van der Waals surface area contributed by atoms with Crippen LogP contribution in [0.3, 0.4) is 0 Å². The average molecular weight is 426 g/mol. The molecule has 1 amide bonds. The molecule has 2 aromatic rings. The Hall–Kier alpha value is -2.80. The van der Waals surface area contributed by atoms with Crippen LogP contribution in [0.15, 0.2) is 42.6 Å². The number of hydrogen-bond acceptors (Lipinski definition) is 6. The van der Waals surface area contributed by atoms with Crippen molar-refractivity contribution in [1.29, 1.82) is 0 Å². The van der Waals surface area contributed by atoms with Crippen molar-refractivity contribution in [2.24, 2.45) is 0 Å². The fraction of sp³-hybridized carbons (Fsp3) is 0.500. The van der Waals surface area contributed by atoms with E-state index in [1.807, 2.05) is 37.8 Å². The summed E-state index contributed by atoms with van der Waals surface area (Å²) < 4.78 is 17.3. The molecule has 1 fully saturated rings. The number of rotatable bonds is 3. The van der Waals surface area contributed by atoms with Crippen LogP contribution in [0.5, 0.6) is 11.6 Å². The first kappa shape index (κ1) is 21.4. The largest absolute Gasteiger partial charge is 0.484 e. The molecule has 0 spiro atoms. The summed E-state index contributed by atoms with van der Waals surface area (Å²) in [7, 11) is 0. The summed E-state index contributed by atoms with van der Waals surface area (Å²) >= 11 is 0. The molecule has 1 aromatic heterocycles. The lowest BCUT2D eigenvalue weighted by molar-refractivity contribution is 0.0257. The van der Waals surface area contributed by atoms with Gasteiger partial charge in [-0.1, -0.05) is 24.3 Å². The van der Waals surface area contributed by atoms with Gasteiger partial charge >= 0.3 is 6.09 Å². The molecule has 3 heterocycles. The highest BCUT2D eigenvalue weighted by Crippen LogP contribution is 2.34. The maximum atomic E-state index is 12.4. The normalized spacial score (nSPS) is 19.6. The van der Waals surface area contributed by atoms with Crippen molar-refractivity contribution in [3.8, 4) is 11.6 Å². The fourth-order valence-electron chi connectivity index (χ4n) is 3.81. The Morgan fingerprint density at radius 3 is 2.71 bits per heavy atom. The maximum absolute atomic E-state index is 12.4. The Morgan fingerprint density at radius 1 is 1.13 bits per heavy atom. The number of pyridine rings is 1. The van der Waals surface area contributed by atoms with Crippen LogP contribution in [0.1, 0.15) is 44.4 Å². The zero-order valence-electron chi connectivity index (χ0n) is 18.5. The number of ether oxygens (including phenoxy) is 3. The highest BCUT2D eigenvalue weighted by Gasteiger charge is 2.25. The highest BCUT2D eigenvalue weighted by atomic mass is 16.6. The van der Waals surface area contributed by atoms with Crippen LogP contribution in [0.2, 0.25) is 0 Å². The van der Waals surface area contributed by atoms with E-state index in [0.717, 1.165) is 38.2 Å². The van der Waals surface area contributed by atoms with E-state index in [1.54, 1.807) is 6.20 Å². The fourth-order valence-corrected chi connectivity index (χ4v) is 3.81. The molecule has 4 rings (SSSR count). The van der Waals surface area contributed by atoms with Gasteiger partial charge in [-0.2, -0.15) is 0 Å². The second-order valence-electron chi connectivity index (χ2n) is 9.06. The summed E-state index contributed by atoms with van der Waals surface area (Å²) in [5.41, 5.74) is 1.85. The van der Waals surface area contributed by atoms with Crippen molar-refractivity contribution in [2.75, 3.05) is 32.8 Å². The predicted molar refractivity (Wildman–Crippen MR) is 117 cm³/mol. The van der Waals surface area contributed by atoms with Crippen molar-refractivity contribution in [3.05, 3.63) is 53.7 Å². The Morgan fingerprint density at radius 2 is 1.94 bits per heavy atom. The molecule has 7 heteroatoms. The van der Waals surface area contributed by atoms with Gasteiger partial charge in [0.2, 0.25) is 0 Å². The summed E-state index contributed by atoms with van der Waals surface area (Å²) in [5.74, 6) is 1.24. The van der Waals surface area contributed by atoms with Crippen LogP contribution in [0.4, 0.5) is 4.79 Å². The zero-order valence-corrected chi connectivity index (χ0v) is 18.5. The van der Waals surface area contributed by atoms with Gasteiger partial charge in [-0.25, -0.2) is 9.78 Å². The number of amides is 1. The molecular weight excluding hydrogens is 394 g/mol. The lowest BCUT2D eigenvalue weighted by Crippen LogP contribution is -2.39. The number of nitrogens with zero attached hydrogens (tertiary/aromatic N) is 3. The minimum absolute atomic E-state index is 0.156. The summed E-state index contributed by atoms with van der Waals surface area (Å²) in [5, 5.41) is 0. The lowest BCUT2D eigenvalue weighted by Gasteiger charge is -2.26. The molecule has 1 aromatic carbocycles. The third-order valence-corrected chi connectivity index (χ3v) is 5.38. The van der Waals surface area contributed by atoms with Crippen LogP contribution in [-0.2, 0) is 11.3 Å². The quantitative estimate of drug-likeness (QED) is 0.740. The maximum Gasteiger partial charge on any atom is 0.410 e.